The summed E-state index contributed by atoms with van der Waals surface area (Å²) >= 11 is 0. The van der Waals surface area contributed by atoms with E-state index in [9.17, 15) is 17.6 Å². The maximum atomic E-state index is 12.9. The maximum Gasteiger partial charge on any atom is 0.416 e. The van der Waals surface area contributed by atoms with E-state index in [1.54, 1.807) is 0 Å². The van der Waals surface area contributed by atoms with Crippen LogP contribution in [0.15, 0.2) is 48.5 Å². The summed E-state index contributed by atoms with van der Waals surface area (Å²) in [4.78, 5) is 0. The summed E-state index contributed by atoms with van der Waals surface area (Å²) in [6, 6.07) is 9.28. The third-order valence-corrected chi connectivity index (χ3v) is 2.83. The van der Waals surface area contributed by atoms with E-state index in [4.69, 9.17) is 5.73 Å². The first-order valence-electron chi connectivity index (χ1n) is 5.57. The lowest BCUT2D eigenvalue weighted by Crippen LogP contribution is -2.18. The molecule has 19 heavy (non-hydrogen) atoms. The maximum absolute atomic E-state index is 12.9. The lowest BCUT2D eigenvalue weighted by atomic mass is 9.95. The Morgan fingerprint density at radius 1 is 0.895 bits per heavy atom. The Balaban J connectivity index is 2.44. The summed E-state index contributed by atoms with van der Waals surface area (Å²) in [6.45, 7) is 0. The predicted octanol–water partition coefficient (Wildman–Crippen LogP) is 3.89. The molecule has 0 radical (unpaired) electrons. The van der Waals surface area contributed by atoms with Crippen LogP contribution in [0.3, 0.4) is 0 Å². The van der Waals surface area contributed by atoms with E-state index in [1.165, 1.54) is 42.5 Å². The Labute approximate surface area is 107 Å². The fourth-order valence-electron chi connectivity index (χ4n) is 1.88. The molecular weight excluding hydrogens is 258 g/mol. The number of nitrogens with two attached hydrogens (primary N) is 1. The van der Waals surface area contributed by atoms with E-state index in [2.05, 4.69) is 0 Å². The smallest absolute Gasteiger partial charge is 0.320 e. The molecular formula is C14H11F4N. The van der Waals surface area contributed by atoms with E-state index in [1.807, 2.05) is 0 Å². The molecule has 2 rings (SSSR count). The van der Waals surface area contributed by atoms with Gasteiger partial charge in [0.1, 0.15) is 5.82 Å². The highest BCUT2D eigenvalue weighted by atomic mass is 19.4. The minimum absolute atomic E-state index is 0.0263. The largest absolute Gasteiger partial charge is 0.416 e. The van der Waals surface area contributed by atoms with Crippen molar-refractivity contribution in [3.63, 3.8) is 0 Å². The van der Waals surface area contributed by atoms with Crippen molar-refractivity contribution in [1.82, 2.24) is 0 Å². The van der Waals surface area contributed by atoms with E-state index in [0.717, 1.165) is 6.07 Å². The molecule has 2 N–H and O–H groups in total. The molecule has 0 spiro atoms. The SMILES string of the molecule is NC(c1ccc(F)cc1)c1ccccc1C(F)(F)F. The first kappa shape index (κ1) is 13.5. The molecule has 0 aliphatic rings. The number of alkyl halides is 3. The van der Waals surface area contributed by atoms with Crippen LogP contribution >= 0.6 is 0 Å². The van der Waals surface area contributed by atoms with Crippen molar-refractivity contribution < 1.29 is 17.6 Å². The molecule has 1 unspecified atom stereocenters. The Hall–Kier alpha value is -1.88. The highest BCUT2D eigenvalue weighted by molar-refractivity contribution is 5.38. The van der Waals surface area contributed by atoms with Crippen LogP contribution in [0.5, 0.6) is 0 Å². The Bertz CT molecular complexity index is 560. The normalized spacial score (nSPS) is 13.3. The molecule has 0 aromatic heterocycles. The van der Waals surface area contributed by atoms with Crippen LogP contribution in [0.2, 0.25) is 0 Å². The van der Waals surface area contributed by atoms with Gasteiger partial charge in [-0.25, -0.2) is 4.39 Å². The first-order chi connectivity index (χ1) is 8.89. The molecule has 100 valence electrons. The van der Waals surface area contributed by atoms with Crippen LogP contribution in [-0.4, -0.2) is 0 Å². The second-order valence-electron chi connectivity index (χ2n) is 4.11. The standard InChI is InChI=1S/C14H11F4N/c15-10-7-5-9(6-8-10)13(19)11-3-1-2-4-12(11)14(16,17)18/h1-8,13H,19H2. The fraction of sp³-hybridized carbons (Fsp3) is 0.143. The fourth-order valence-corrected chi connectivity index (χ4v) is 1.88. The second-order valence-corrected chi connectivity index (χ2v) is 4.11. The number of hydrogen-bond donors (Lipinski definition) is 1. The van der Waals surface area contributed by atoms with Crippen molar-refractivity contribution >= 4 is 0 Å². The summed E-state index contributed by atoms with van der Waals surface area (Å²) in [5, 5.41) is 0. The molecule has 5 heteroatoms. The molecule has 0 heterocycles. The third-order valence-electron chi connectivity index (χ3n) is 2.83. The van der Waals surface area contributed by atoms with Crippen molar-refractivity contribution in [1.29, 1.82) is 0 Å². The molecule has 0 saturated heterocycles. The highest BCUT2D eigenvalue weighted by Crippen LogP contribution is 2.35. The number of hydrogen-bond acceptors (Lipinski definition) is 1. The van der Waals surface area contributed by atoms with Crippen LogP contribution < -0.4 is 5.73 Å². The number of benzene rings is 2. The van der Waals surface area contributed by atoms with Gasteiger partial charge >= 0.3 is 6.18 Å². The summed E-state index contributed by atoms with van der Waals surface area (Å²) in [7, 11) is 0. The molecule has 0 saturated carbocycles. The van der Waals surface area contributed by atoms with Gasteiger partial charge in [-0.1, -0.05) is 30.3 Å². The summed E-state index contributed by atoms with van der Waals surface area (Å²) in [6.07, 6.45) is -4.46. The Kier molecular flexibility index (Phi) is 3.57. The van der Waals surface area contributed by atoms with E-state index in [-0.39, 0.29) is 5.56 Å². The quantitative estimate of drug-likeness (QED) is 0.822. The van der Waals surface area contributed by atoms with Gasteiger partial charge in [0.05, 0.1) is 11.6 Å². The monoisotopic (exact) mass is 269 g/mol. The van der Waals surface area contributed by atoms with Crippen molar-refractivity contribution in [2.75, 3.05) is 0 Å². The Morgan fingerprint density at radius 3 is 2.05 bits per heavy atom. The van der Waals surface area contributed by atoms with Gasteiger partial charge in [-0.15, -0.1) is 0 Å². The van der Waals surface area contributed by atoms with E-state index in [0.29, 0.717) is 5.56 Å². The van der Waals surface area contributed by atoms with Gasteiger partial charge in [0.2, 0.25) is 0 Å². The summed E-state index contributed by atoms with van der Waals surface area (Å²) in [5.74, 6) is -0.458. The van der Waals surface area contributed by atoms with Gasteiger partial charge in [0, 0.05) is 0 Å². The Morgan fingerprint density at radius 2 is 1.47 bits per heavy atom. The molecule has 0 bridgehead atoms. The van der Waals surface area contributed by atoms with Gasteiger partial charge in [-0.05, 0) is 29.3 Å². The summed E-state index contributed by atoms with van der Waals surface area (Å²) < 4.78 is 51.4. The third kappa shape index (κ3) is 2.93. The highest BCUT2D eigenvalue weighted by Gasteiger charge is 2.34. The van der Waals surface area contributed by atoms with Gasteiger partial charge in [-0.2, -0.15) is 13.2 Å². The number of halogens is 4. The van der Waals surface area contributed by atoms with Gasteiger partial charge in [0.15, 0.2) is 0 Å². The second kappa shape index (κ2) is 5.01. The molecule has 0 aliphatic carbocycles. The average molecular weight is 269 g/mol. The first-order valence-corrected chi connectivity index (χ1v) is 5.57. The minimum atomic E-state index is -4.46. The summed E-state index contributed by atoms with van der Waals surface area (Å²) in [5.41, 5.74) is 5.47. The van der Waals surface area contributed by atoms with Crippen LogP contribution in [0.1, 0.15) is 22.7 Å². The zero-order valence-electron chi connectivity index (χ0n) is 9.79. The molecule has 0 aliphatic heterocycles. The molecule has 0 amide bonds. The molecule has 2 aromatic carbocycles. The van der Waals surface area contributed by atoms with Crippen molar-refractivity contribution in [3.05, 3.63) is 71.0 Å². The van der Waals surface area contributed by atoms with Gasteiger partial charge < -0.3 is 5.73 Å². The van der Waals surface area contributed by atoms with Crippen molar-refractivity contribution in [2.24, 2.45) is 5.73 Å². The average Bonchev–Trinajstić information content (AvgIpc) is 2.38. The zero-order valence-corrected chi connectivity index (χ0v) is 9.79. The molecule has 2 aromatic rings. The predicted molar refractivity (Wildman–Crippen MR) is 63.9 cm³/mol. The lowest BCUT2D eigenvalue weighted by molar-refractivity contribution is -0.138. The van der Waals surface area contributed by atoms with Crippen LogP contribution in [-0.2, 0) is 6.18 Å². The van der Waals surface area contributed by atoms with Crippen LogP contribution in [0.25, 0.3) is 0 Å². The van der Waals surface area contributed by atoms with Gasteiger partial charge in [0.25, 0.3) is 0 Å². The molecule has 1 nitrogen and oxygen atoms in total. The molecule has 0 fully saturated rings. The topological polar surface area (TPSA) is 26.0 Å². The van der Waals surface area contributed by atoms with Crippen molar-refractivity contribution in [3.8, 4) is 0 Å². The lowest BCUT2D eigenvalue weighted by Gasteiger charge is -2.18. The molecule has 1 atom stereocenters. The van der Waals surface area contributed by atoms with Crippen LogP contribution in [0, 0.1) is 5.82 Å². The minimum Gasteiger partial charge on any atom is -0.320 e. The van der Waals surface area contributed by atoms with Gasteiger partial charge in [-0.3, -0.25) is 0 Å². The van der Waals surface area contributed by atoms with Crippen molar-refractivity contribution in [2.45, 2.75) is 12.2 Å². The number of rotatable bonds is 2. The van der Waals surface area contributed by atoms with E-state index >= 15 is 0 Å². The van der Waals surface area contributed by atoms with E-state index < -0.39 is 23.6 Å². The zero-order chi connectivity index (χ0) is 14.0. The van der Waals surface area contributed by atoms with Crippen LogP contribution in [0.4, 0.5) is 17.6 Å².